The van der Waals surface area contributed by atoms with Gasteiger partial charge in [-0.05, 0) is 44.9 Å². The van der Waals surface area contributed by atoms with Crippen molar-refractivity contribution >= 4 is 23.2 Å². The molecule has 3 aromatic rings. The second-order valence-electron chi connectivity index (χ2n) is 7.71. The average molecular weight is 499 g/mol. The number of nitro groups is 1. The number of nitrogens with one attached hydrogen (secondary N) is 1. The summed E-state index contributed by atoms with van der Waals surface area (Å²) in [7, 11) is 0. The van der Waals surface area contributed by atoms with Crippen LogP contribution in [-0.4, -0.2) is 36.9 Å². The van der Waals surface area contributed by atoms with E-state index >= 15 is 0 Å². The van der Waals surface area contributed by atoms with Crippen molar-refractivity contribution in [3.63, 3.8) is 0 Å². The lowest BCUT2D eigenvalue weighted by Gasteiger charge is -2.09. The summed E-state index contributed by atoms with van der Waals surface area (Å²) in [4.78, 5) is 23.2. The molecule has 0 atom stereocenters. The van der Waals surface area contributed by atoms with E-state index in [9.17, 15) is 28.1 Å². The van der Waals surface area contributed by atoms with E-state index in [1.165, 1.54) is 16.3 Å². The van der Waals surface area contributed by atoms with Crippen LogP contribution in [0.4, 0.5) is 18.9 Å². The standard InChI is InChI=1S/C21H22ClF3N6O3/c1-12-18(31(33)34)14(3)30(27-12)11-15-6-4-7-16(10-15)20(32)26-8-5-9-29-13(2)17(22)19(28-29)21(23,24)25/h4,6-7,10H,5,8-9,11H2,1-3H3,(H,26,32). The first-order chi connectivity index (χ1) is 15.9. The molecule has 182 valence electrons. The molecule has 2 aromatic heterocycles. The quantitative estimate of drug-likeness (QED) is 0.280. The van der Waals surface area contributed by atoms with Gasteiger partial charge < -0.3 is 5.32 Å². The maximum atomic E-state index is 12.9. The van der Waals surface area contributed by atoms with Gasteiger partial charge in [0, 0.05) is 18.7 Å². The molecule has 9 nitrogen and oxygen atoms in total. The average Bonchev–Trinajstić information content (AvgIpc) is 3.20. The van der Waals surface area contributed by atoms with Crippen LogP contribution in [0.5, 0.6) is 0 Å². The van der Waals surface area contributed by atoms with Crippen molar-refractivity contribution in [1.29, 1.82) is 0 Å². The topological polar surface area (TPSA) is 108 Å². The maximum absolute atomic E-state index is 12.9. The van der Waals surface area contributed by atoms with Crippen molar-refractivity contribution in [2.24, 2.45) is 0 Å². The summed E-state index contributed by atoms with van der Waals surface area (Å²) in [5.41, 5.74) is 0.885. The van der Waals surface area contributed by atoms with Crippen molar-refractivity contribution in [3.8, 4) is 0 Å². The van der Waals surface area contributed by atoms with Crippen LogP contribution in [0.2, 0.25) is 5.02 Å². The number of rotatable bonds is 8. The lowest BCUT2D eigenvalue weighted by atomic mass is 10.1. The van der Waals surface area contributed by atoms with Gasteiger partial charge in [0.2, 0.25) is 0 Å². The van der Waals surface area contributed by atoms with E-state index in [4.69, 9.17) is 11.6 Å². The molecular formula is C21H22ClF3N6O3. The highest BCUT2D eigenvalue weighted by Gasteiger charge is 2.38. The van der Waals surface area contributed by atoms with Gasteiger partial charge >= 0.3 is 11.9 Å². The predicted octanol–water partition coefficient (Wildman–Crippen LogP) is 4.45. The van der Waals surface area contributed by atoms with Gasteiger partial charge in [-0.1, -0.05) is 23.7 Å². The van der Waals surface area contributed by atoms with Crippen LogP contribution in [0.1, 0.15) is 45.1 Å². The smallest absolute Gasteiger partial charge is 0.352 e. The second-order valence-corrected chi connectivity index (χ2v) is 8.09. The number of aryl methyl sites for hydroxylation is 2. The number of alkyl halides is 3. The van der Waals surface area contributed by atoms with E-state index < -0.39 is 21.8 Å². The van der Waals surface area contributed by atoms with Gasteiger partial charge in [0.1, 0.15) is 11.4 Å². The van der Waals surface area contributed by atoms with Crippen molar-refractivity contribution in [3.05, 3.63) is 73.3 Å². The molecule has 34 heavy (non-hydrogen) atoms. The van der Waals surface area contributed by atoms with Crippen LogP contribution in [0.15, 0.2) is 24.3 Å². The Labute approximate surface area is 197 Å². The number of nitrogens with zero attached hydrogens (tertiary/aromatic N) is 5. The summed E-state index contributed by atoms with van der Waals surface area (Å²) in [6, 6.07) is 6.75. The Kier molecular flexibility index (Phi) is 7.29. The molecule has 1 N–H and O–H groups in total. The molecule has 2 heterocycles. The third kappa shape index (κ3) is 5.38. The molecule has 1 amide bonds. The summed E-state index contributed by atoms with van der Waals surface area (Å²) in [6.07, 6.45) is -4.29. The van der Waals surface area contributed by atoms with E-state index in [1.807, 2.05) is 0 Å². The minimum atomic E-state index is -4.63. The molecule has 13 heteroatoms. The van der Waals surface area contributed by atoms with E-state index in [1.54, 1.807) is 38.1 Å². The number of carbonyl (C=O) groups is 1. The third-order valence-electron chi connectivity index (χ3n) is 5.28. The Morgan fingerprint density at radius 2 is 1.88 bits per heavy atom. The fraction of sp³-hybridized carbons (Fsp3) is 0.381. The molecule has 0 aliphatic heterocycles. The summed E-state index contributed by atoms with van der Waals surface area (Å²) in [5.74, 6) is -0.354. The zero-order valence-electron chi connectivity index (χ0n) is 18.6. The van der Waals surface area contributed by atoms with Crippen LogP contribution in [-0.2, 0) is 19.3 Å². The fourth-order valence-electron chi connectivity index (χ4n) is 3.55. The van der Waals surface area contributed by atoms with Gasteiger partial charge in [-0.25, -0.2) is 0 Å². The highest BCUT2D eigenvalue weighted by atomic mass is 35.5. The number of aromatic nitrogens is 4. The normalized spacial score (nSPS) is 11.6. The van der Waals surface area contributed by atoms with Crippen LogP contribution in [0.3, 0.4) is 0 Å². The molecule has 0 aliphatic carbocycles. The van der Waals surface area contributed by atoms with Crippen molar-refractivity contribution in [1.82, 2.24) is 24.9 Å². The SMILES string of the molecule is Cc1nn(Cc2cccc(C(=O)NCCCn3nc(C(F)(F)F)c(Cl)c3C)c2)c(C)c1[N+](=O)[O-]. The first-order valence-corrected chi connectivity index (χ1v) is 10.6. The first-order valence-electron chi connectivity index (χ1n) is 10.3. The summed E-state index contributed by atoms with van der Waals surface area (Å²) in [6.45, 7) is 5.24. The molecule has 0 saturated heterocycles. The molecule has 0 spiro atoms. The number of hydrogen-bond acceptors (Lipinski definition) is 5. The van der Waals surface area contributed by atoms with Gasteiger partial charge in [-0.3, -0.25) is 24.3 Å². The van der Waals surface area contributed by atoms with Crippen molar-refractivity contribution in [2.45, 2.75) is 46.5 Å². The largest absolute Gasteiger partial charge is 0.436 e. The number of halogens is 4. The zero-order chi connectivity index (χ0) is 25.2. The maximum Gasteiger partial charge on any atom is 0.436 e. The van der Waals surface area contributed by atoms with E-state index in [2.05, 4.69) is 15.5 Å². The van der Waals surface area contributed by atoms with Crippen molar-refractivity contribution in [2.75, 3.05) is 6.54 Å². The number of amides is 1. The minimum absolute atomic E-state index is 0.0371. The first kappa shape index (κ1) is 25.2. The zero-order valence-corrected chi connectivity index (χ0v) is 19.4. The minimum Gasteiger partial charge on any atom is -0.352 e. The molecule has 0 fully saturated rings. The lowest BCUT2D eigenvalue weighted by molar-refractivity contribution is -0.386. The number of benzene rings is 1. The monoisotopic (exact) mass is 498 g/mol. The molecule has 0 bridgehead atoms. The Bertz CT molecular complexity index is 1240. The fourth-order valence-corrected chi connectivity index (χ4v) is 3.79. The highest BCUT2D eigenvalue weighted by molar-refractivity contribution is 6.31. The lowest BCUT2D eigenvalue weighted by Crippen LogP contribution is -2.25. The Morgan fingerprint density at radius 3 is 2.47 bits per heavy atom. The second kappa shape index (κ2) is 9.84. The highest BCUT2D eigenvalue weighted by Crippen LogP contribution is 2.35. The van der Waals surface area contributed by atoms with Crippen LogP contribution in [0.25, 0.3) is 0 Å². The van der Waals surface area contributed by atoms with E-state index in [0.717, 1.165) is 5.56 Å². The molecule has 0 unspecified atom stereocenters. The van der Waals surface area contributed by atoms with Gasteiger partial charge in [0.25, 0.3) is 5.91 Å². The van der Waals surface area contributed by atoms with Gasteiger partial charge in [-0.2, -0.15) is 23.4 Å². The summed E-state index contributed by atoms with van der Waals surface area (Å²) in [5, 5.41) is 21.2. The molecule has 3 rings (SSSR count). The van der Waals surface area contributed by atoms with Crippen molar-refractivity contribution < 1.29 is 22.9 Å². The molecule has 0 radical (unpaired) electrons. The number of hydrogen-bond donors (Lipinski definition) is 1. The predicted molar refractivity (Wildman–Crippen MR) is 118 cm³/mol. The summed E-state index contributed by atoms with van der Waals surface area (Å²) < 4.78 is 41.4. The van der Waals surface area contributed by atoms with E-state index in [-0.39, 0.29) is 36.9 Å². The Hall–Kier alpha value is -3.41. The van der Waals surface area contributed by atoms with Gasteiger partial charge in [0.15, 0.2) is 5.69 Å². The summed E-state index contributed by atoms with van der Waals surface area (Å²) >= 11 is 5.74. The van der Waals surface area contributed by atoms with Crippen LogP contribution in [0, 0.1) is 30.9 Å². The van der Waals surface area contributed by atoms with Gasteiger partial charge in [0.05, 0.1) is 22.2 Å². The Morgan fingerprint density at radius 1 is 1.18 bits per heavy atom. The molecule has 0 saturated carbocycles. The van der Waals surface area contributed by atoms with Crippen LogP contribution >= 0.6 is 11.6 Å². The third-order valence-corrected chi connectivity index (χ3v) is 5.73. The van der Waals surface area contributed by atoms with Crippen LogP contribution < -0.4 is 5.32 Å². The Balaban J connectivity index is 1.59. The van der Waals surface area contributed by atoms with Gasteiger partial charge in [-0.15, -0.1) is 0 Å². The van der Waals surface area contributed by atoms with E-state index in [0.29, 0.717) is 23.4 Å². The molecule has 1 aromatic carbocycles. The molecule has 0 aliphatic rings. The molecular weight excluding hydrogens is 477 g/mol. The number of carbonyl (C=O) groups excluding carboxylic acids is 1.